The van der Waals surface area contributed by atoms with Crippen LogP contribution in [0.5, 0.6) is 5.75 Å². The number of hydrogen-bond acceptors (Lipinski definition) is 3. The minimum absolute atomic E-state index is 0.0480. The topological polar surface area (TPSA) is 67.4 Å². The van der Waals surface area contributed by atoms with Gasteiger partial charge in [-0.05, 0) is 59.9 Å². The van der Waals surface area contributed by atoms with E-state index in [0.717, 1.165) is 15.6 Å². The second kappa shape index (κ2) is 11.1. The zero-order chi connectivity index (χ0) is 23.8. The maximum Gasteiger partial charge on any atom is 0.262 e. The first-order chi connectivity index (χ1) is 15.7. The molecule has 0 spiro atoms. The monoisotopic (exact) mass is 508 g/mol. The van der Waals surface area contributed by atoms with Crippen LogP contribution in [0.1, 0.15) is 38.3 Å². The molecule has 0 fully saturated rings. The summed E-state index contributed by atoms with van der Waals surface area (Å²) in [5.74, 6) is 0.389. The summed E-state index contributed by atoms with van der Waals surface area (Å²) in [6, 6.07) is 22.7. The predicted molar refractivity (Wildman–Crippen MR) is 137 cm³/mol. The molecule has 0 saturated carbocycles. The Labute approximate surface area is 203 Å². The molecule has 2 N–H and O–H groups in total. The van der Waals surface area contributed by atoms with Gasteiger partial charge in [-0.15, -0.1) is 0 Å². The minimum atomic E-state index is -0.252. The van der Waals surface area contributed by atoms with Crippen molar-refractivity contribution in [3.05, 3.63) is 88.4 Å². The van der Waals surface area contributed by atoms with E-state index in [1.807, 2.05) is 48.5 Å². The Hall–Kier alpha value is -3.12. The average Bonchev–Trinajstić information content (AvgIpc) is 2.78. The summed E-state index contributed by atoms with van der Waals surface area (Å²) in [7, 11) is 0. The molecule has 33 heavy (non-hydrogen) atoms. The number of rotatable bonds is 8. The van der Waals surface area contributed by atoms with Crippen molar-refractivity contribution in [3.63, 3.8) is 0 Å². The van der Waals surface area contributed by atoms with Crippen LogP contribution >= 0.6 is 15.9 Å². The van der Waals surface area contributed by atoms with Gasteiger partial charge >= 0.3 is 0 Å². The third kappa shape index (κ3) is 7.75. The lowest BCUT2D eigenvalue weighted by molar-refractivity contribution is -0.118. The Bertz CT molecular complexity index is 1090. The van der Waals surface area contributed by atoms with Crippen LogP contribution in [0, 0.1) is 0 Å². The van der Waals surface area contributed by atoms with E-state index >= 15 is 0 Å². The van der Waals surface area contributed by atoms with Crippen LogP contribution in [0.15, 0.2) is 77.3 Å². The van der Waals surface area contributed by atoms with E-state index in [1.54, 1.807) is 24.3 Å². The van der Waals surface area contributed by atoms with E-state index in [1.165, 1.54) is 0 Å². The summed E-state index contributed by atoms with van der Waals surface area (Å²) >= 11 is 3.49. The molecule has 3 aromatic carbocycles. The van der Waals surface area contributed by atoms with E-state index in [4.69, 9.17) is 4.74 Å². The highest BCUT2D eigenvalue weighted by molar-refractivity contribution is 9.10. The number of carbonyl (C=O) groups excluding carboxylic acids is 2. The number of nitrogens with one attached hydrogen (secondary N) is 2. The van der Waals surface area contributed by atoms with E-state index < -0.39 is 0 Å². The number of carbonyl (C=O) groups is 2. The number of amides is 2. The fourth-order valence-corrected chi connectivity index (χ4v) is 3.68. The Morgan fingerprint density at radius 1 is 0.848 bits per heavy atom. The molecule has 0 saturated heterocycles. The predicted octanol–water partition coefficient (Wildman–Crippen LogP) is 6.34. The number of halogens is 1. The quantitative estimate of drug-likeness (QED) is 0.373. The fourth-order valence-electron chi connectivity index (χ4n) is 3.32. The van der Waals surface area contributed by atoms with Crippen molar-refractivity contribution in [1.29, 1.82) is 0 Å². The van der Waals surface area contributed by atoms with Crippen LogP contribution in [0.25, 0.3) is 0 Å². The minimum Gasteiger partial charge on any atom is -0.483 e. The molecule has 3 aromatic rings. The van der Waals surface area contributed by atoms with Gasteiger partial charge in [0.2, 0.25) is 5.91 Å². The lowest BCUT2D eigenvalue weighted by Crippen LogP contribution is -2.22. The van der Waals surface area contributed by atoms with Gasteiger partial charge in [0.15, 0.2) is 6.61 Å². The number of ether oxygens (including phenoxy) is 1. The molecular weight excluding hydrogens is 480 g/mol. The number of hydrogen-bond donors (Lipinski definition) is 2. The molecule has 0 aromatic heterocycles. The molecule has 0 aliphatic rings. The van der Waals surface area contributed by atoms with Crippen molar-refractivity contribution in [2.75, 3.05) is 17.2 Å². The van der Waals surface area contributed by atoms with Crippen molar-refractivity contribution < 1.29 is 14.3 Å². The van der Waals surface area contributed by atoms with Crippen molar-refractivity contribution >= 4 is 39.1 Å². The normalized spacial score (nSPS) is 11.0. The smallest absolute Gasteiger partial charge is 0.262 e. The first kappa shape index (κ1) is 24.5. The van der Waals surface area contributed by atoms with Gasteiger partial charge in [0, 0.05) is 27.8 Å². The summed E-state index contributed by atoms with van der Waals surface area (Å²) in [5, 5.41) is 5.71. The molecule has 0 bridgehead atoms. The zero-order valence-corrected chi connectivity index (χ0v) is 20.7. The summed E-state index contributed by atoms with van der Waals surface area (Å²) in [5.41, 5.74) is 3.36. The first-order valence-electron chi connectivity index (χ1n) is 10.9. The lowest BCUT2D eigenvalue weighted by Gasteiger charge is -2.23. The van der Waals surface area contributed by atoms with Gasteiger partial charge in [-0.25, -0.2) is 0 Å². The molecule has 0 heterocycles. The fraction of sp³-hybridized carbons (Fsp3) is 0.259. The Morgan fingerprint density at radius 3 is 2.06 bits per heavy atom. The SMILES string of the molecule is CC(C)(C)c1cc(Br)ccc1OCC(=O)Nc1ccc(NC(=O)CCc2ccccc2)cc1. The first-order valence-corrected chi connectivity index (χ1v) is 11.7. The molecule has 0 radical (unpaired) electrons. The summed E-state index contributed by atoms with van der Waals surface area (Å²) in [6.45, 7) is 6.21. The maximum absolute atomic E-state index is 12.4. The molecule has 172 valence electrons. The third-order valence-electron chi connectivity index (χ3n) is 5.04. The van der Waals surface area contributed by atoms with Gasteiger partial charge in [-0.3, -0.25) is 9.59 Å². The summed E-state index contributed by atoms with van der Waals surface area (Å²) in [6.07, 6.45) is 1.10. The molecule has 2 amide bonds. The van der Waals surface area contributed by atoms with Crippen LogP contribution in [-0.4, -0.2) is 18.4 Å². The molecule has 3 rings (SSSR count). The van der Waals surface area contributed by atoms with E-state index in [2.05, 4.69) is 47.3 Å². The van der Waals surface area contributed by atoms with Gasteiger partial charge < -0.3 is 15.4 Å². The molecule has 6 heteroatoms. The molecule has 0 atom stereocenters. The van der Waals surface area contributed by atoms with Crippen LogP contribution in [0.4, 0.5) is 11.4 Å². The highest BCUT2D eigenvalue weighted by Crippen LogP contribution is 2.33. The molecule has 5 nitrogen and oxygen atoms in total. The van der Waals surface area contributed by atoms with Gasteiger partial charge in [0.25, 0.3) is 5.91 Å². The standard InChI is InChI=1S/C27H29BrN2O3/c1-27(2,3)23-17-20(28)10-15-24(23)33-18-26(32)30-22-13-11-21(12-14-22)29-25(31)16-9-19-7-5-4-6-8-19/h4-8,10-15,17H,9,16,18H2,1-3H3,(H,29,31)(H,30,32). The molecule has 0 aliphatic carbocycles. The largest absolute Gasteiger partial charge is 0.483 e. The summed E-state index contributed by atoms with van der Waals surface area (Å²) < 4.78 is 6.77. The lowest BCUT2D eigenvalue weighted by atomic mass is 9.86. The van der Waals surface area contributed by atoms with Crippen molar-refractivity contribution in [1.82, 2.24) is 0 Å². The Kier molecular flexibility index (Phi) is 8.28. The Balaban J connectivity index is 1.49. The van der Waals surface area contributed by atoms with E-state index in [0.29, 0.717) is 30.0 Å². The zero-order valence-electron chi connectivity index (χ0n) is 19.2. The van der Waals surface area contributed by atoms with Gasteiger partial charge in [0.1, 0.15) is 5.75 Å². The summed E-state index contributed by atoms with van der Waals surface area (Å²) in [4.78, 5) is 24.6. The van der Waals surface area contributed by atoms with Gasteiger partial charge in [0.05, 0.1) is 0 Å². The van der Waals surface area contributed by atoms with Crippen LogP contribution < -0.4 is 15.4 Å². The maximum atomic E-state index is 12.4. The van der Waals surface area contributed by atoms with Crippen LogP contribution in [-0.2, 0) is 21.4 Å². The van der Waals surface area contributed by atoms with Crippen LogP contribution in [0.2, 0.25) is 0 Å². The second-order valence-corrected chi connectivity index (χ2v) is 9.75. The number of aryl methyl sites for hydroxylation is 1. The average molecular weight is 509 g/mol. The molecular formula is C27H29BrN2O3. The number of anilines is 2. The van der Waals surface area contributed by atoms with E-state index in [9.17, 15) is 9.59 Å². The van der Waals surface area contributed by atoms with E-state index in [-0.39, 0.29) is 23.8 Å². The second-order valence-electron chi connectivity index (χ2n) is 8.84. The van der Waals surface area contributed by atoms with Crippen molar-refractivity contribution in [2.45, 2.75) is 39.0 Å². The Morgan fingerprint density at radius 2 is 1.45 bits per heavy atom. The van der Waals surface area contributed by atoms with Crippen molar-refractivity contribution in [3.8, 4) is 5.75 Å². The van der Waals surface area contributed by atoms with Gasteiger partial charge in [-0.1, -0.05) is 67.0 Å². The van der Waals surface area contributed by atoms with Crippen molar-refractivity contribution in [2.24, 2.45) is 0 Å². The highest BCUT2D eigenvalue weighted by atomic mass is 79.9. The number of benzene rings is 3. The molecule has 0 unspecified atom stereocenters. The van der Waals surface area contributed by atoms with Gasteiger partial charge in [-0.2, -0.15) is 0 Å². The highest BCUT2D eigenvalue weighted by Gasteiger charge is 2.20. The third-order valence-corrected chi connectivity index (χ3v) is 5.54. The van der Waals surface area contributed by atoms with Crippen LogP contribution in [0.3, 0.4) is 0 Å². The molecule has 0 aliphatic heterocycles.